The molecule has 0 saturated carbocycles. The molecule has 0 aromatic rings. The van der Waals surface area contributed by atoms with E-state index in [-0.39, 0.29) is 6.54 Å². The van der Waals surface area contributed by atoms with E-state index in [2.05, 4.69) is 5.32 Å². The third-order valence-corrected chi connectivity index (χ3v) is 2.59. The fourth-order valence-electron chi connectivity index (χ4n) is 1.58. The zero-order valence-electron chi connectivity index (χ0n) is 11.5. The van der Waals surface area contributed by atoms with Gasteiger partial charge in [-0.05, 0) is 12.8 Å². The van der Waals surface area contributed by atoms with Gasteiger partial charge in [-0.3, -0.25) is 4.79 Å². The van der Waals surface area contributed by atoms with Crippen LogP contribution in [0.2, 0.25) is 0 Å². The van der Waals surface area contributed by atoms with Crippen LogP contribution in [0, 0.1) is 0 Å². The summed E-state index contributed by atoms with van der Waals surface area (Å²) in [6.45, 7) is 3.96. The van der Waals surface area contributed by atoms with Crippen LogP contribution in [-0.2, 0) is 9.59 Å². The van der Waals surface area contributed by atoms with Crippen LogP contribution < -0.4 is 11.1 Å². The first-order chi connectivity index (χ1) is 8.92. The molecule has 0 saturated heterocycles. The molecule has 0 heterocycles. The molecule has 0 fully saturated rings. The number of carboxylic acid groups (broad SMARTS) is 1. The van der Waals surface area contributed by atoms with Gasteiger partial charge in [0.2, 0.25) is 5.91 Å². The monoisotopic (exact) mass is 273 g/mol. The molecule has 0 unspecified atom stereocenters. The molecule has 0 aliphatic heterocycles. The molecular weight excluding hydrogens is 250 g/mol. The van der Waals surface area contributed by atoms with Crippen molar-refractivity contribution in [1.82, 2.24) is 10.2 Å². The summed E-state index contributed by atoms with van der Waals surface area (Å²) in [4.78, 5) is 35.0. The van der Waals surface area contributed by atoms with Gasteiger partial charge in [0, 0.05) is 6.54 Å². The minimum Gasteiger partial charge on any atom is -0.480 e. The van der Waals surface area contributed by atoms with Crippen molar-refractivity contribution in [1.29, 1.82) is 0 Å². The normalized spacial score (nSPS) is 11.7. The fourth-order valence-corrected chi connectivity index (χ4v) is 1.58. The second-order valence-electron chi connectivity index (χ2n) is 4.37. The number of urea groups is 1. The largest absolute Gasteiger partial charge is 0.480 e. The molecule has 0 radical (unpaired) electrons. The molecule has 19 heavy (non-hydrogen) atoms. The molecule has 4 N–H and O–H groups in total. The Balaban J connectivity index is 4.58. The number of nitrogens with two attached hydrogens (primary N) is 1. The smallest absolute Gasteiger partial charge is 0.326 e. The van der Waals surface area contributed by atoms with E-state index in [1.807, 2.05) is 13.8 Å². The van der Waals surface area contributed by atoms with Gasteiger partial charge in [0.1, 0.15) is 12.6 Å². The average molecular weight is 273 g/mol. The molecule has 1 atom stereocenters. The van der Waals surface area contributed by atoms with Crippen LogP contribution >= 0.6 is 0 Å². The lowest BCUT2D eigenvalue weighted by atomic mass is 10.2. The second kappa shape index (κ2) is 9.18. The fraction of sp³-hybridized carbons (Fsp3) is 0.750. The highest BCUT2D eigenvalue weighted by Gasteiger charge is 2.22. The minimum absolute atomic E-state index is 0.204. The first-order valence-corrected chi connectivity index (χ1v) is 6.48. The quantitative estimate of drug-likeness (QED) is 0.569. The Morgan fingerprint density at radius 3 is 2.32 bits per heavy atom. The van der Waals surface area contributed by atoms with Crippen molar-refractivity contribution in [2.24, 2.45) is 5.73 Å². The Morgan fingerprint density at radius 1 is 1.26 bits per heavy atom. The third kappa shape index (κ3) is 7.28. The van der Waals surface area contributed by atoms with E-state index in [1.165, 1.54) is 4.90 Å². The maximum atomic E-state index is 11.9. The SMILES string of the molecule is CCCCN(CC(N)=O)C(=O)N[C@H](CCC)C(=O)O. The van der Waals surface area contributed by atoms with Gasteiger partial charge in [-0.1, -0.05) is 26.7 Å². The maximum absolute atomic E-state index is 11.9. The summed E-state index contributed by atoms with van der Waals surface area (Å²) in [5.41, 5.74) is 5.08. The molecule has 7 heteroatoms. The summed E-state index contributed by atoms with van der Waals surface area (Å²) in [6, 6.07) is -1.50. The highest BCUT2D eigenvalue weighted by atomic mass is 16.4. The lowest BCUT2D eigenvalue weighted by Gasteiger charge is -2.23. The summed E-state index contributed by atoms with van der Waals surface area (Å²) >= 11 is 0. The summed E-state index contributed by atoms with van der Waals surface area (Å²) in [6.07, 6.45) is 2.58. The van der Waals surface area contributed by atoms with E-state index in [1.54, 1.807) is 0 Å². The van der Waals surface area contributed by atoms with Gasteiger partial charge in [-0.25, -0.2) is 9.59 Å². The number of primary amides is 1. The number of rotatable bonds is 9. The zero-order chi connectivity index (χ0) is 14.8. The van der Waals surface area contributed by atoms with Crippen molar-refractivity contribution in [3.63, 3.8) is 0 Å². The van der Waals surface area contributed by atoms with Gasteiger partial charge in [0.15, 0.2) is 0 Å². The van der Waals surface area contributed by atoms with Crippen LogP contribution in [0.4, 0.5) is 4.79 Å². The number of carbonyl (C=O) groups excluding carboxylic acids is 2. The molecule has 0 bridgehead atoms. The van der Waals surface area contributed by atoms with Gasteiger partial charge in [-0.2, -0.15) is 0 Å². The number of aliphatic carboxylic acids is 1. The number of hydrogen-bond acceptors (Lipinski definition) is 3. The summed E-state index contributed by atoms with van der Waals surface area (Å²) < 4.78 is 0. The van der Waals surface area contributed by atoms with Gasteiger partial charge in [0.25, 0.3) is 0 Å². The van der Waals surface area contributed by atoms with Crippen LogP contribution in [0.5, 0.6) is 0 Å². The number of unbranched alkanes of at least 4 members (excludes halogenated alkanes) is 1. The van der Waals surface area contributed by atoms with Crippen molar-refractivity contribution >= 4 is 17.9 Å². The Bertz CT molecular complexity index is 320. The molecule has 0 aliphatic carbocycles. The molecule has 7 nitrogen and oxygen atoms in total. The van der Waals surface area contributed by atoms with Crippen LogP contribution in [0.15, 0.2) is 0 Å². The Labute approximate surface area is 113 Å². The Hall–Kier alpha value is -1.79. The van der Waals surface area contributed by atoms with E-state index in [0.29, 0.717) is 19.4 Å². The number of carbonyl (C=O) groups is 3. The molecule has 110 valence electrons. The highest BCUT2D eigenvalue weighted by molar-refractivity contribution is 5.86. The van der Waals surface area contributed by atoms with Gasteiger partial charge < -0.3 is 21.1 Å². The van der Waals surface area contributed by atoms with Crippen LogP contribution in [-0.4, -0.2) is 47.0 Å². The molecular formula is C12H23N3O4. The average Bonchev–Trinajstić information content (AvgIpc) is 2.33. The first kappa shape index (κ1) is 17.2. The van der Waals surface area contributed by atoms with Crippen molar-refractivity contribution in [2.75, 3.05) is 13.1 Å². The van der Waals surface area contributed by atoms with Crippen molar-refractivity contribution < 1.29 is 19.5 Å². The highest BCUT2D eigenvalue weighted by Crippen LogP contribution is 2.01. The topological polar surface area (TPSA) is 113 Å². The van der Waals surface area contributed by atoms with E-state index < -0.39 is 23.9 Å². The maximum Gasteiger partial charge on any atom is 0.326 e. The number of hydrogen-bond donors (Lipinski definition) is 3. The molecule has 0 aromatic heterocycles. The number of nitrogens with zero attached hydrogens (tertiary/aromatic N) is 1. The standard InChI is InChI=1S/C12H23N3O4/c1-3-5-7-15(8-10(13)16)12(19)14-9(6-4-2)11(17)18/h9H,3-8H2,1-2H3,(H2,13,16)(H,14,19)(H,17,18)/t9-/m1/s1. The molecule has 0 spiro atoms. The molecule has 0 aromatic carbocycles. The van der Waals surface area contributed by atoms with Gasteiger partial charge in [0.05, 0.1) is 0 Å². The number of amides is 3. The molecule has 3 amide bonds. The third-order valence-electron chi connectivity index (χ3n) is 2.59. The number of nitrogens with one attached hydrogen (secondary N) is 1. The summed E-state index contributed by atoms with van der Waals surface area (Å²) in [7, 11) is 0. The van der Waals surface area contributed by atoms with E-state index in [0.717, 1.165) is 12.8 Å². The summed E-state index contributed by atoms with van der Waals surface area (Å²) in [5, 5.41) is 11.4. The van der Waals surface area contributed by atoms with Crippen LogP contribution in [0.3, 0.4) is 0 Å². The van der Waals surface area contributed by atoms with Crippen molar-refractivity contribution in [3.05, 3.63) is 0 Å². The number of carboxylic acids is 1. The van der Waals surface area contributed by atoms with Crippen LogP contribution in [0.25, 0.3) is 0 Å². The van der Waals surface area contributed by atoms with E-state index >= 15 is 0 Å². The van der Waals surface area contributed by atoms with Gasteiger partial charge in [-0.15, -0.1) is 0 Å². The first-order valence-electron chi connectivity index (χ1n) is 6.48. The van der Waals surface area contributed by atoms with Crippen LogP contribution in [0.1, 0.15) is 39.5 Å². The molecule has 0 rings (SSSR count). The van der Waals surface area contributed by atoms with E-state index in [4.69, 9.17) is 10.8 Å². The Kier molecular flexibility index (Phi) is 8.32. The lowest BCUT2D eigenvalue weighted by molar-refractivity contribution is -0.139. The van der Waals surface area contributed by atoms with Gasteiger partial charge >= 0.3 is 12.0 Å². The van der Waals surface area contributed by atoms with Crippen molar-refractivity contribution in [2.45, 2.75) is 45.6 Å². The predicted octanol–water partition coefficient (Wildman–Crippen LogP) is 0.537. The molecule has 0 aliphatic rings. The zero-order valence-corrected chi connectivity index (χ0v) is 11.5. The second-order valence-corrected chi connectivity index (χ2v) is 4.37. The Morgan fingerprint density at radius 2 is 1.89 bits per heavy atom. The minimum atomic E-state index is -1.08. The van der Waals surface area contributed by atoms with Crippen molar-refractivity contribution in [3.8, 4) is 0 Å². The predicted molar refractivity (Wildman–Crippen MR) is 70.5 cm³/mol. The summed E-state index contributed by atoms with van der Waals surface area (Å²) in [5.74, 6) is -1.70. The lowest BCUT2D eigenvalue weighted by Crippen LogP contribution is -2.50. The van der Waals surface area contributed by atoms with E-state index in [9.17, 15) is 14.4 Å².